The van der Waals surface area contributed by atoms with Crippen molar-refractivity contribution in [2.24, 2.45) is 5.92 Å². The molecule has 0 aliphatic carbocycles. The second-order valence-electron chi connectivity index (χ2n) is 3.55. The van der Waals surface area contributed by atoms with Crippen LogP contribution in [0.2, 0.25) is 0 Å². The predicted molar refractivity (Wildman–Crippen MR) is 59.2 cm³/mol. The molecule has 1 aromatic rings. The molecule has 0 saturated heterocycles. The van der Waals surface area contributed by atoms with Crippen molar-refractivity contribution < 1.29 is 0 Å². The SMILES string of the molecule is CC1CNc2ccc(N)cc2SC1. The molecule has 0 saturated carbocycles. The van der Waals surface area contributed by atoms with Gasteiger partial charge in [-0.1, -0.05) is 6.92 Å². The molecule has 0 amide bonds. The number of benzene rings is 1. The van der Waals surface area contributed by atoms with Crippen LogP contribution in [0.5, 0.6) is 0 Å². The first-order valence-electron chi connectivity index (χ1n) is 4.52. The van der Waals surface area contributed by atoms with Crippen molar-refractivity contribution in [1.82, 2.24) is 0 Å². The van der Waals surface area contributed by atoms with Crippen molar-refractivity contribution >= 4 is 23.1 Å². The molecule has 1 atom stereocenters. The fraction of sp³-hybridized carbons (Fsp3) is 0.400. The van der Waals surface area contributed by atoms with Crippen molar-refractivity contribution in [3.63, 3.8) is 0 Å². The Hall–Kier alpha value is -0.830. The topological polar surface area (TPSA) is 38.0 Å². The monoisotopic (exact) mass is 194 g/mol. The van der Waals surface area contributed by atoms with E-state index in [1.54, 1.807) is 0 Å². The molecule has 1 unspecified atom stereocenters. The third kappa shape index (κ3) is 1.91. The molecule has 3 heteroatoms. The van der Waals surface area contributed by atoms with Crippen LogP contribution in [0.1, 0.15) is 6.92 Å². The number of nitrogens with one attached hydrogen (secondary N) is 1. The molecule has 1 aliphatic heterocycles. The van der Waals surface area contributed by atoms with E-state index in [2.05, 4.69) is 18.3 Å². The number of hydrogen-bond acceptors (Lipinski definition) is 3. The normalized spacial score (nSPS) is 21.5. The fourth-order valence-electron chi connectivity index (χ4n) is 1.38. The Kier molecular flexibility index (Phi) is 2.36. The zero-order valence-corrected chi connectivity index (χ0v) is 8.53. The molecule has 1 aliphatic rings. The Bertz CT molecular complexity index is 312. The highest BCUT2D eigenvalue weighted by Crippen LogP contribution is 2.33. The van der Waals surface area contributed by atoms with Gasteiger partial charge in [-0.25, -0.2) is 0 Å². The number of nitrogen functional groups attached to an aromatic ring is 1. The van der Waals surface area contributed by atoms with Crippen LogP contribution >= 0.6 is 11.8 Å². The first kappa shape index (κ1) is 8.75. The number of nitrogens with two attached hydrogens (primary N) is 1. The van der Waals surface area contributed by atoms with Gasteiger partial charge in [-0.3, -0.25) is 0 Å². The minimum absolute atomic E-state index is 0.721. The summed E-state index contributed by atoms with van der Waals surface area (Å²) in [6.45, 7) is 3.32. The zero-order valence-electron chi connectivity index (χ0n) is 7.71. The van der Waals surface area contributed by atoms with Gasteiger partial charge in [0.15, 0.2) is 0 Å². The molecule has 0 bridgehead atoms. The van der Waals surface area contributed by atoms with Crippen molar-refractivity contribution in [1.29, 1.82) is 0 Å². The average Bonchev–Trinajstić information content (AvgIpc) is 2.29. The van der Waals surface area contributed by atoms with Gasteiger partial charge in [0.2, 0.25) is 0 Å². The summed E-state index contributed by atoms with van der Waals surface area (Å²) in [5.74, 6) is 1.89. The van der Waals surface area contributed by atoms with E-state index in [9.17, 15) is 0 Å². The van der Waals surface area contributed by atoms with E-state index in [4.69, 9.17) is 5.73 Å². The molecule has 3 N–H and O–H groups in total. The summed E-state index contributed by atoms with van der Waals surface area (Å²) in [6.07, 6.45) is 0. The summed E-state index contributed by atoms with van der Waals surface area (Å²) >= 11 is 1.89. The van der Waals surface area contributed by atoms with E-state index < -0.39 is 0 Å². The second-order valence-corrected chi connectivity index (χ2v) is 4.61. The zero-order chi connectivity index (χ0) is 9.26. The van der Waals surface area contributed by atoms with Gasteiger partial charge < -0.3 is 11.1 Å². The average molecular weight is 194 g/mol. The fourth-order valence-corrected chi connectivity index (χ4v) is 2.48. The van der Waals surface area contributed by atoms with Crippen LogP contribution in [0.25, 0.3) is 0 Å². The third-order valence-corrected chi connectivity index (χ3v) is 3.55. The van der Waals surface area contributed by atoms with Crippen LogP contribution in [0.4, 0.5) is 11.4 Å². The molecular weight excluding hydrogens is 180 g/mol. The maximum atomic E-state index is 5.73. The second kappa shape index (κ2) is 3.50. The molecule has 2 nitrogen and oxygen atoms in total. The number of hydrogen-bond donors (Lipinski definition) is 2. The lowest BCUT2D eigenvalue weighted by molar-refractivity contribution is 0.705. The third-order valence-electron chi connectivity index (χ3n) is 2.17. The number of thioether (sulfide) groups is 1. The molecule has 70 valence electrons. The minimum Gasteiger partial charge on any atom is -0.399 e. The largest absolute Gasteiger partial charge is 0.399 e. The first-order chi connectivity index (χ1) is 6.25. The molecule has 0 radical (unpaired) electrons. The standard InChI is InChI=1S/C10H14N2S/c1-7-5-12-9-3-2-8(11)4-10(9)13-6-7/h2-4,7,12H,5-6,11H2,1H3. The highest BCUT2D eigenvalue weighted by atomic mass is 32.2. The summed E-state index contributed by atoms with van der Waals surface area (Å²) < 4.78 is 0. The number of fused-ring (bicyclic) bond motifs is 1. The summed E-state index contributed by atoms with van der Waals surface area (Å²) in [6, 6.07) is 6.06. The van der Waals surface area contributed by atoms with E-state index in [1.807, 2.05) is 23.9 Å². The highest BCUT2D eigenvalue weighted by Gasteiger charge is 2.12. The quantitative estimate of drug-likeness (QED) is 0.623. The molecule has 0 aromatic heterocycles. The van der Waals surface area contributed by atoms with Crippen molar-refractivity contribution in [2.75, 3.05) is 23.3 Å². The van der Waals surface area contributed by atoms with Gasteiger partial charge in [-0.15, -0.1) is 11.8 Å². The van der Waals surface area contributed by atoms with Crippen LogP contribution in [-0.2, 0) is 0 Å². The van der Waals surface area contributed by atoms with Crippen LogP contribution in [0.15, 0.2) is 23.1 Å². The lowest BCUT2D eigenvalue weighted by Crippen LogP contribution is -2.10. The van der Waals surface area contributed by atoms with Gasteiger partial charge in [0.1, 0.15) is 0 Å². The molecule has 2 rings (SSSR count). The number of anilines is 2. The Morgan fingerprint density at radius 3 is 3.23 bits per heavy atom. The Labute approximate surface area is 82.9 Å². The van der Waals surface area contributed by atoms with Crippen LogP contribution in [-0.4, -0.2) is 12.3 Å². The van der Waals surface area contributed by atoms with Gasteiger partial charge in [0, 0.05) is 28.6 Å². The highest BCUT2D eigenvalue weighted by molar-refractivity contribution is 7.99. The van der Waals surface area contributed by atoms with Crippen molar-refractivity contribution in [3.05, 3.63) is 18.2 Å². The summed E-state index contributed by atoms with van der Waals surface area (Å²) in [4.78, 5) is 1.28. The van der Waals surface area contributed by atoms with E-state index in [-0.39, 0.29) is 0 Å². The predicted octanol–water partition coefficient (Wildman–Crippen LogP) is 2.42. The molecule has 1 aromatic carbocycles. The lowest BCUT2D eigenvalue weighted by Gasteiger charge is -2.07. The van der Waals surface area contributed by atoms with E-state index in [0.717, 1.165) is 18.2 Å². The van der Waals surface area contributed by atoms with E-state index >= 15 is 0 Å². The smallest absolute Gasteiger partial charge is 0.0479 e. The minimum atomic E-state index is 0.721. The summed E-state index contributed by atoms with van der Waals surface area (Å²) in [7, 11) is 0. The maximum Gasteiger partial charge on any atom is 0.0479 e. The first-order valence-corrected chi connectivity index (χ1v) is 5.50. The van der Waals surface area contributed by atoms with Gasteiger partial charge in [0.05, 0.1) is 0 Å². The van der Waals surface area contributed by atoms with Gasteiger partial charge in [0.25, 0.3) is 0 Å². The Morgan fingerprint density at radius 2 is 2.38 bits per heavy atom. The molecule has 0 spiro atoms. The van der Waals surface area contributed by atoms with Crippen molar-refractivity contribution in [3.8, 4) is 0 Å². The lowest BCUT2D eigenvalue weighted by atomic mass is 10.2. The van der Waals surface area contributed by atoms with Gasteiger partial charge >= 0.3 is 0 Å². The maximum absolute atomic E-state index is 5.73. The van der Waals surface area contributed by atoms with Gasteiger partial charge in [-0.2, -0.15) is 0 Å². The Morgan fingerprint density at radius 1 is 1.54 bits per heavy atom. The molecule has 1 heterocycles. The van der Waals surface area contributed by atoms with Crippen LogP contribution in [0.3, 0.4) is 0 Å². The van der Waals surface area contributed by atoms with Crippen molar-refractivity contribution in [2.45, 2.75) is 11.8 Å². The summed E-state index contributed by atoms with van der Waals surface area (Å²) in [5.41, 5.74) is 7.80. The van der Waals surface area contributed by atoms with E-state index in [0.29, 0.717) is 0 Å². The Balaban J connectivity index is 2.30. The molecule has 0 fully saturated rings. The summed E-state index contributed by atoms with van der Waals surface area (Å²) in [5, 5.41) is 3.43. The van der Waals surface area contributed by atoms with Gasteiger partial charge in [-0.05, 0) is 24.1 Å². The number of rotatable bonds is 0. The van der Waals surface area contributed by atoms with Crippen LogP contribution < -0.4 is 11.1 Å². The molecular formula is C10H14N2S. The molecule has 13 heavy (non-hydrogen) atoms. The van der Waals surface area contributed by atoms with E-state index in [1.165, 1.54) is 16.3 Å². The van der Waals surface area contributed by atoms with Crippen LogP contribution in [0, 0.1) is 5.92 Å².